The van der Waals surface area contributed by atoms with Crippen molar-refractivity contribution in [2.45, 2.75) is 19.3 Å². The molecule has 82 valence electrons. The molecule has 3 heteroatoms. The van der Waals surface area contributed by atoms with Crippen LogP contribution >= 0.6 is 15.9 Å². The van der Waals surface area contributed by atoms with Gasteiger partial charge in [-0.2, -0.15) is 0 Å². The van der Waals surface area contributed by atoms with Crippen molar-refractivity contribution >= 4 is 15.9 Å². The van der Waals surface area contributed by atoms with Gasteiger partial charge in [-0.15, -0.1) is 0 Å². The highest BCUT2D eigenvalue weighted by Gasteiger charge is 2.17. The monoisotopic (exact) mass is 268 g/mol. The largest absolute Gasteiger partial charge is 0.306 e. The quantitative estimate of drug-likeness (QED) is 0.767. The van der Waals surface area contributed by atoms with Gasteiger partial charge in [0.1, 0.15) is 4.60 Å². The van der Waals surface area contributed by atoms with E-state index in [2.05, 4.69) is 45.0 Å². The van der Waals surface area contributed by atoms with E-state index in [1.165, 1.54) is 31.6 Å². The summed E-state index contributed by atoms with van der Waals surface area (Å²) in [4.78, 5) is 6.91. The first-order valence-corrected chi connectivity index (χ1v) is 6.33. The fraction of sp³-hybridized carbons (Fsp3) is 0.583. The molecule has 0 radical (unpaired) electrons. The summed E-state index contributed by atoms with van der Waals surface area (Å²) in [5, 5.41) is 0. The van der Waals surface area contributed by atoms with E-state index in [9.17, 15) is 0 Å². The van der Waals surface area contributed by atoms with Crippen LogP contribution in [0.5, 0.6) is 0 Å². The first kappa shape index (κ1) is 11.1. The molecule has 2 rings (SSSR count). The highest BCUT2D eigenvalue weighted by atomic mass is 79.9. The smallest absolute Gasteiger partial charge is 0.106 e. The second-order valence-corrected chi connectivity index (χ2v) is 5.24. The molecular formula is C12H17BrN2. The van der Waals surface area contributed by atoms with Crippen molar-refractivity contribution in [2.75, 3.05) is 20.1 Å². The topological polar surface area (TPSA) is 16.1 Å². The summed E-state index contributed by atoms with van der Waals surface area (Å²) in [6.07, 6.45) is 3.79. The molecule has 1 saturated heterocycles. The van der Waals surface area contributed by atoms with E-state index in [-0.39, 0.29) is 0 Å². The standard InChI is InChI=1S/C12H17BrN2/c1-15-7-3-4-10(9-15)8-11-5-2-6-12(13)14-11/h2,5-6,10H,3-4,7-9H2,1H3. The fourth-order valence-corrected chi connectivity index (χ4v) is 2.68. The number of rotatable bonds is 2. The average molecular weight is 269 g/mol. The van der Waals surface area contributed by atoms with Gasteiger partial charge >= 0.3 is 0 Å². The maximum absolute atomic E-state index is 4.49. The van der Waals surface area contributed by atoms with Crippen LogP contribution in [0.3, 0.4) is 0 Å². The Morgan fingerprint density at radius 3 is 3.13 bits per heavy atom. The Balaban J connectivity index is 1.96. The minimum absolute atomic E-state index is 0.783. The highest BCUT2D eigenvalue weighted by molar-refractivity contribution is 9.10. The summed E-state index contributed by atoms with van der Waals surface area (Å²) in [5.74, 6) is 0.783. The predicted octanol–water partition coefficient (Wildman–Crippen LogP) is 2.73. The molecule has 0 amide bonds. The Labute approximate surface area is 99.8 Å². The lowest BCUT2D eigenvalue weighted by molar-refractivity contribution is 0.208. The summed E-state index contributed by atoms with van der Waals surface area (Å²) in [6, 6.07) is 6.18. The SMILES string of the molecule is CN1CCCC(Cc2cccc(Br)n2)C1. The molecule has 1 aromatic heterocycles. The molecule has 1 unspecified atom stereocenters. The van der Waals surface area contributed by atoms with E-state index < -0.39 is 0 Å². The van der Waals surface area contributed by atoms with Crippen LogP contribution in [0.1, 0.15) is 18.5 Å². The molecule has 1 aliphatic heterocycles. The van der Waals surface area contributed by atoms with Gasteiger partial charge in [0.15, 0.2) is 0 Å². The minimum Gasteiger partial charge on any atom is -0.306 e. The Bertz CT molecular complexity index is 327. The molecule has 1 aromatic rings. The molecule has 0 saturated carbocycles. The normalized spacial score (nSPS) is 22.9. The number of piperidine rings is 1. The molecule has 0 N–H and O–H groups in total. The molecule has 0 aromatic carbocycles. The van der Waals surface area contributed by atoms with Crippen molar-refractivity contribution in [3.8, 4) is 0 Å². The molecule has 15 heavy (non-hydrogen) atoms. The molecule has 1 aliphatic rings. The van der Waals surface area contributed by atoms with Crippen molar-refractivity contribution in [2.24, 2.45) is 5.92 Å². The zero-order valence-corrected chi connectivity index (χ0v) is 10.7. The fourth-order valence-electron chi connectivity index (χ4n) is 2.30. The summed E-state index contributed by atoms with van der Waals surface area (Å²) in [6.45, 7) is 2.47. The Kier molecular flexibility index (Phi) is 3.76. The Morgan fingerprint density at radius 1 is 1.53 bits per heavy atom. The molecule has 0 aliphatic carbocycles. The van der Waals surface area contributed by atoms with E-state index in [4.69, 9.17) is 0 Å². The lowest BCUT2D eigenvalue weighted by Crippen LogP contribution is -2.33. The zero-order valence-electron chi connectivity index (χ0n) is 9.12. The number of pyridine rings is 1. The van der Waals surface area contributed by atoms with Crippen LogP contribution in [0, 0.1) is 5.92 Å². The van der Waals surface area contributed by atoms with Gasteiger partial charge in [0.05, 0.1) is 0 Å². The van der Waals surface area contributed by atoms with Gasteiger partial charge in [0.2, 0.25) is 0 Å². The van der Waals surface area contributed by atoms with Crippen molar-refractivity contribution in [3.05, 3.63) is 28.5 Å². The molecule has 0 spiro atoms. The van der Waals surface area contributed by atoms with Crippen molar-refractivity contribution in [3.63, 3.8) is 0 Å². The van der Waals surface area contributed by atoms with Gasteiger partial charge in [0.25, 0.3) is 0 Å². The Morgan fingerprint density at radius 2 is 2.40 bits per heavy atom. The second-order valence-electron chi connectivity index (χ2n) is 4.43. The minimum atomic E-state index is 0.783. The maximum Gasteiger partial charge on any atom is 0.106 e. The van der Waals surface area contributed by atoms with Crippen LogP contribution in [-0.2, 0) is 6.42 Å². The predicted molar refractivity (Wildman–Crippen MR) is 65.9 cm³/mol. The summed E-state index contributed by atoms with van der Waals surface area (Å²) >= 11 is 3.42. The van der Waals surface area contributed by atoms with E-state index in [1.807, 2.05) is 6.07 Å². The van der Waals surface area contributed by atoms with Crippen LogP contribution < -0.4 is 0 Å². The lowest BCUT2D eigenvalue weighted by Gasteiger charge is -2.29. The summed E-state index contributed by atoms with van der Waals surface area (Å²) in [7, 11) is 2.21. The van der Waals surface area contributed by atoms with Crippen LogP contribution in [-0.4, -0.2) is 30.0 Å². The first-order valence-electron chi connectivity index (χ1n) is 5.54. The number of likely N-dealkylation sites (tertiary alicyclic amines) is 1. The van der Waals surface area contributed by atoms with Crippen molar-refractivity contribution in [1.82, 2.24) is 9.88 Å². The van der Waals surface area contributed by atoms with Crippen LogP contribution in [0.15, 0.2) is 22.8 Å². The lowest BCUT2D eigenvalue weighted by atomic mass is 9.93. The molecule has 1 fully saturated rings. The van der Waals surface area contributed by atoms with E-state index in [0.717, 1.165) is 16.9 Å². The number of hydrogen-bond donors (Lipinski definition) is 0. The van der Waals surface area contributed by atoms with Crippen LogP contribution in [0.4, 0.5) is 0 Å². The summed E-state index contributed by atoms with van der Waals surface area (Å²) < 4.78 is 0.948. The third kappa shape index (κ3) is 3.28. The molecule has 2 heterocycles. The number of aromatic nitrogens is 1. The van der Waals surface area contributed by atoms with Gasteiger partial charge in [0, 0.05) is 12.2 Å². The molecule has 2 nitrogen and oxygen atoms in total. The molecule has 0 bridgehead atoms. The third-order valence-corrected chi connectivity index (χ3v) is 3.43. The van der Waals surface area contributed by atoms with Gasteiger partial charge in [-0.1, -0.05) is 6.07 Å². The summed E-state index contributed by atoms with van der Waals surface area (Å²) in [5.41, 5.74) is 1.21. The molecular weight excluding hydrogens is 252 g/mol. The number of hydrogen-bond acceptors (Lipinski definition) is 2. The maximum atomic E-state index is 4.49. The van der Waals surface area contributed by atoms with E-state index in [0.29, 0.717) is 0 Å². The van der Waals surface area contributed by atoms with E-state index >= 15 is 0 Å². The van der Waals surface area contributed by atoms with Gasteiger partial charge in [-0.25, -0.2) is 4.98 Å². The van der Waals surface area contributed by atoms with E-state index in [1.54, 1.807) is 0 Å². The average Bonchev–Trinajstić information content (AvgIpc) is 2.17. The van der Waals surface area contributed by atoms with Crippen molar-refractivity contribution in [1.29, 1.82) is 0 Å². The highest BCUT2D eigenvalue weighted by Crippen LogP contribution is 2.19. The second kappa shape index (κ2) is 5.08. The number of halogens is 1. The van der Waals surface area contributed by atoms with Crippen molar-refractivity contribution < 1.29 is 0 Å². The first-order chi connectivity index (χ1) is 7.24. The third-order valence-electron chi connectivity index (χ3n) is 2.99. The van der Waals surface area contributed by atoms with Gasteiger partial charge in [-0.05, 0) is 66.8 Å². The van der Waals surface area contributed by atoms with Gasteiger partial charge in [-0.3, -0.25) is 0 Å². The Hall–Kier alpha value is -0.410. The molecule has 1 atom stereocenters. The number of nitrogens with zero attached hydrogens (tertiary/aromatic N) is 2. The van der Waals surface area contributed by atoms with Crippen LogP contribution in [0.25, 0.3) is 0 Å². The zero-order chi connectivity index (χ0) is 10.7. The van der Waals surface area contributed by atoms with Crippen LogP contribution in [0.2, 0.25) is 0 Å². The van der Waals surface area contributed by atoms with Gasteiger partial charge < -0.3 is 4.90 Å².